The van der Waals surface area contributed by atoms with Crippen LogP contribution in [0.2, 0.25) is 0 Å². The standard InChI is InChI=1S/C23H16BrFN4O/c1-12-11-29(19-8-14(24)10-26-21(12)19)23-13(2)22(17-4-3-5-20(30)27-17)28-18-9-15(25)6-7-16(18)23/h3-10H,1,11H2,2H3,(H,27,30). The molecule has 0 spiro atoms. The van der Waals surface area contributed by atoms with Gasteiger partial charge in [0.15, 0.2) is 0 Å². The SMILES string of the molecule is C=C1CN(c2c(C)c(-c3cccc(=O)[nH]3)nc3cc(F)ccc23)c2cc(Br)cnc21. The Morgan fingerprint density at radius 1 is 1.20 bits per heavy atom. The average molecular weight is 463 g/mol. The van der Waals surface area contributed by atoms with Crippen LogP contribution < -0.4 is 10.5 Å². The molecule has 0 amide bonds. The third-order valence-electron chi connectivity index (χ3n) is 5.26. The Bertz CT molecular complexity index is 1410. The predicted molar refractivity (Wildman–Crippen MR) is 120 cm³/mol. The van der Waals surface area contributed by atoms with Gasteiger partial charge in [0.2, 0.25) is 5.56 Å². The first kappa shape index (κ1) is 18.7. The first-order valence-electron chi connectivity index (χ1n) is 9.33. The molecule has 4 heterocycles. The molecule has 1 aliphatic heterocycles. The largest absolute Gasteiger partial charge is 0.334 e. The summed E-state index contributed by atoms with van der Waals surface area (Å²) in [6.45, 7) is 6.69. The highest BCUT2D eigenvalue weighted by atomic mass is 79.9. The molecule has 0 unspecified atom stereocenters. The normalized spacial score (nSPS) is 13.2. The van der Waals surface area contributed by atoms with Crippen LogP contribution in [0.15, 0.2) is 64.5 Å². The molecule has 4 aromatic rings. The minimum Gasteiger partial charge on any atom is -0.334 e. The van der Waals surface area contributed by atoms with E-state index in [0.29, 0.717) is 23.4 Å². The zero-order valence-corrected chi connectivity index (χ0v) is 17.6. The van der Waals surface area contributed by atoms with Gasteiger partial charge in [-0.25, -0.2) is 9.37 Å². The maximum atomic E-state index is 14.1. The van der Waals surface area contributed by atoms with Crippen LogP contribution in [0.25, 0.3) is 27.9 Å². The van der Waals surface area contributed by atoms with Gasteiger partial charge in [0.05, 0.1) is 34.0 Å². The number of nitrogens with zero attached hydrogens (tertiary/aromatic N) is 3. The van der Waals surface area contributed by atoms with Gasteiger partial charge in [-0.15, -0.1) is 0 Å². The molecular weight excluding hydrogens is 447 g/mol. The van der Waals surface area contributed by atoms with E-state index < -0.39 is 0 Å². The number of hydrogen-bond acceptors (Lipinski definition) is 4. The second kappa shape index (κ2) is 6.88. The number of pyridine rings is 3. The van der Waals surface area contributed by atoms with Crippen LogP contribution in [0, 0.1) is 12.7 Å². The Morgan fingerprint density at radius 2 is 2.03 bits per heavy atom. The lowest BCUT2D eigenvalue weighted by Crippen LogP contribution is -2.16. The fourth-order valence-corrected chi connectivity index (χ4v) is 4.29. The van der Waals surface area contributed by atoms with E-state index in [2.05, 4.69) is 42.4 Å². The lowest BCUT2D eigenvalue weighted by atomic mass is 10.0. The molecule has 0 fully saturated rings. The van der Waals surface area contributed by atoms with Gasteiger partial charge >= 0.3 is 0 Å². The number of fused-ring (bicyclic) bond motifs is 2. The van der Waals surface area contributed by atoms with Crippen molar-refractivity contribution in [2.75, 3.05) is 11.4 Å². The third kappa shape index (κ3) is 2.93. The van der Waals surface area contributed by atoms with Gasteiger partial charge in [0.1, 0.15) is 5.82 Å². The van der Waals surface area contributed by atoms with Crippen molar-refractivity contribution in [2.24, 2.45) is 0 Å². The molecule has 0 atom stereocenters. The minimum atomic E-state index is -0.368. The fourth-order valence-electron chi connectivity index (χ4n) is 3.97. The van der Waals surface area contributed by atoms with Crippen molar-refractivity contribution in [3.05, 3.63) is 87.1 Å². The van der Waals surface area contributed by atoms with Gasteiger partial charge in [0.25, 0.3) is 0 Å². The molecule has 7 heteroatoms. The van der Waals surface area contributed by atoms with E-state index in [1.807, 2.05) is 13.0 Å². The summed E-state index contributed by atoms with van der Waals surface area (Å²) in [4.78, 5) is 26.1. The summed E-state index contributed by atoms with van der Waals surface area (Å²) in [6.07, 6.45) is 1.75. The summed E-state index contributed by atoms with van der Waals surface area (Å²) >= 11 is 3.50. The molecule has 1 aromatic carbocycles. The van der Waals surface area contributed by atoms with Crippen molar-refractivity contribution in [2.45, 2.75) is 6.92 Å². The van der Waals surface area contributed by atoms with Crippen LogP contribution in [-0.2, 0) is 0 Å². The van der Waals surface area contributed by atoms with E-state index in [0.717, 1.165) is 38.1 Å². The molecule has 0 saturated heterocycles. The maximum Gasteiger partial charge on any atom is 0.248 e. The lowest BCUT2D eigenvalue weighted by Gasteiger charge is -2.25. The Labute approximate surface area is 180 Å². The van der Waals surface area contributed by atoms with Crippen molar-refractivity contribution in [1.29, 1.82) is 0 Å². The van der Waals surface area contributed by atoms with E-state index >= 15 is 0 Å². The highest BCUT2D eigenvalue weighted by molar-refractivity contribution is 9.10. The van der Waals surface area contributed by atoms with Gasteiger partial charge in [-0.05, 0) is 52.7 Å². The molecule has 1 N–H and O–H groups in total. The second-order valence-corrected chi connectivity index (χ2v) is 8.15. The number of H-pyrrole nitrogens is 1. The average Bonchev–Trinajstić information content (AvgIpc) is 3.03. The van der Waals surface area contributed by atoms with E-state index in [-0.39, 0.29) is 11.4 Å². The van der Waals surface area contributed by atoms with Gasteiger partial charge in [0, 0.05) is 40.3 Å². The summed E-state index contributed by atoms with van der Waals surface area (Å²) in [7, 11) is 0. The van der Waals surface area contributed by atoms with Crippen LogP contribution in [0.5, 0.6) is 0 Å². The molecule has 0 aliphatic carbocycles. The molecule has 1 aliphatic rings. The summed E-state index contributed by atoms with van der Waals surface area (Å²) in [5.74, 6) is -0.368. The number of rotatable bonds is 2. The van der Waals surface area contributed by atoms with Crippen LogP contribution in [0.1, 0.15) is 11.3 Å². The Kier molecular flexibility index (Phi) is 4.29. The highest BCUT2D eigenvalue weighted by Crippen LogP contribution is 2.45. The quantitative estimate of drug-likeness (QED) is 0.435. The maximum absolute atomic E-state index is 14.1. The summed E-state index contributed by atoms with van der Waals surface area (Å²) in [5.41, 5.74) is 5.89. The predicted octanol–water partition coefficient (Wildman–Crippen LogP) is 5.36. The van der Waals surface area contributed by atoms with Gasteiger partial charge in [-0.1, -0.05) is 12.6 Å². The number of benzene rings is 1. The Morgan fingerprint density at radius 3 is 2.83 bits per heavy atom. The van der Waals surface area contributed by atoms with Gasteiger partial charge in [-0.2, -0.15) is 0 Å². The molecule has 3 aromatic heterocycles. The minimum absolute atomic E-state index is 0.220. The second-order valence-electron chi connectivity index (χ2n) is 7.24. The highest BCUT2D eigenvalue weighted by Gasteiger charge is 2.29. The summed E-state index contributed by atoms with van der Waals surface area (Å²) in [6, 6.07) is 11.5. The summed E-state index contributed by atoms with van der Waals surface area (Å²) in [5, 5.41) is 0.816. The number of hydrogen-bond donors (Lipinski definition) is 1. The van der Waals surface area contributed by atoms with Crippen molar-refractivity contribution < 1.29 is 4.39 Å². The van der Waals surface area contributed by atoms with E-state index in [4.69, 9.17) is 0 Å². The van der Waals surface area contributed by atoms with Crippen LogP contribution in [-0.4, -0.2) is 21.5 Å². The number of halogens is 2. The summed E-state index contributed by atoms with van der Waals surface area (Å²) < 4.78 is 14.9. The molecule has 5 nitrogen and oxygen atoms in total. The van der Waals surface area contributed by atoms with E-state index in [1.54, 1.807) is 24.4 Å². The van der Waals surface area contributed by atoms with E-state index in [1.165, 1.54) is 18.2 Å². The monoisotopic (exact) mass is 462 g/mol. The number of anilines is 2. The number of aromatic amines is 1. The van der Waals surface area contributed by atoms with E-state index in [9.17, 15) is 9.18 Å². The smallest absolute Gasteiger partial charge is 0.248 e. The van der Waals surface area contributed by atoms with Crippen LogP contribution >= 0.6 is 15.9 Å². The Balaban J connectivity index is 1.85. The van der Waals surface area contributed by atoms with Crippen molar-refractivity contribution in [3.63, 3.8) is 0 Å². The topological polar surface area (TPSA) is 61.9 Å². The first-order chi connectivity index (χ1) is 14.4. The van der Waals surface area contributed by atoms with Crippen molar-refractivity contribution >= 4 is 43.8 Å². The van der Waals surface area contributed by atoms with Crippen LogP contribution in [0.4, 0.5) is 15.8 Å². The van der Waals surface area contributed by atoms with Gasteiger partial charge in [-0.3, -0.25) is 9.78 Å². The first-order valence-corrected chi connectivity index (χ1v) is 10.1. The fraction of sp³-hybridized carbons (Fsp3) is 0.0870. The molecule has 0 bridgehead atoms. The molecular formula is C23H16BrFN4O. The van der Waals surface area contributed by atoms with Crippen molar-refractivity contribution in [1.82, 2.24) is 15.0 Å². The molecule has 0 saturated carbocycles. The lowest BCUT2D eigenvalue weighted by molar-refractivity contribution is 0.629. The molecule has 0 radical (unpaired) electrons. The molecule has 148 valence electrons. The molecule has 5 rings (SSSR count). The van der Waals surface area contributed by atoms with Crippen LogP contribution in [0.3, 0.4) is 0 Å². The molecule has 30 heavy (non-hydrogen) atoms. The number of nitrogens with one attached hydrogen (secondary N) is 1. The zero-order valence-electron chi connectivity index (χ0n) is 16.0. The third-order valence-corrected chi connectivity index (χ3v) is 5.69. The Hall–Kier alpha value is -3.32. The zero-order chi connectivity index (χ0) is 21.0. The number of aromatic nitrogens is 3. The van der Waals surface area contributed by atoms with Crippen molar-refractivity contribution in [3.8, 4) is 11.4 Å². The van der Waals surface area contributed by atoms with Gasteiger partial charge < -0.3 is 9.88 Å².